The van der Waals surface area contributed by atoms with Crippen LogP contribution in [0.3, 0.4) is 0 Å². The van der Waals surface area contributed by atoms with E-state index in [9.17, 15) is 0 Å². The van der Waals surface area contributed by atoms with Crippen LogP contribution in [0.15, 0.2) is 30.9 Å². The van der Waals surface area contributed by atoms with Crippen LogP contribution in [0.25, 0.3) is 5.52 Å². The van der Waals surface area contributed by atoms with Crippen molar-refractivity contribution >= 4 is 17.2 Å². The number of aromatic nitrogens is 5. The maximum Gasteiger partial charge on any atom is 0.154 e. The van der Waals surface area contributed by atoms with E-state index in [1.54, 1.807) is 6.33 Å². The molecule has 26 heavy (non-hydrogen) atoms. The third kappa shape index (κ3) is 2.98. The second-order valence-electron chi connectivity index (χ2n) is 7.37. The second kappa shape index (κ2) is 6.23. The van der Waals surface area contributed by atoms with E-state index >= 15 is 0 Å². The summed E-state index contributed by atoms with van der Waals surface area (Å²) in [5.41, 5.74) is 3.34. The highest BCUT2D eigenvalue weighted by Gasteiger charge is 2.28. The van der Waals surface area contributed by atoms with Gasteiger partial charge in [-0.3, -0.25) is 0 Å². The van der Waals surface area contributed by atoms with E-state index in [0.717, 1.165) is 48.8 Å². The van der Waals surface area contributed by atoms with Gasteiger partial charge in [-0.25, -0.2) is 19.5 Å². The molecule has 5 rings (SSSR count). The zero-order valence-corrected chi connectivity index (χ0v) is 15.0. The Hall–Kier alpha value is -2.70. The number of anilines is 2. The molecule has 3 aromatic rings. The van der Waals surface area contributed by atoms with Crippen molar-refractivity contribution in [2.75, 3.05) is 23.3 Å². The van der Waals surface area contributed by atoms with Crippen molar-refractivity contribution in [3.05, 3.63) is 42.2 Å². The van der Waals surface area contributed by atoms with E-state index in [1.807, 2.05) is 29.9 Å². The third-order valence-electron chi connectivity index (χ3n) is 5.33. The highest BCUT2D eigenvalue weighted by molar-refractivity contribution is 5.69. The first kappa shape index (κ1) is 15.5. The minimum Gasteiger partial charge on any atom is -0.367 e. The lowest BCUT2D eigenvalue weighted by atomic mass is 10.0. The fourth-order valence-electron chi connectivity index (χ4n) is 3.73. The van der Waals surface area contributed by atoms with Gasteiger partial charge in [0.1, 0.15) is 17.7 Å². The number of hydrogen-bond donors (Lipinski definition) is 1. The third-order valence-corrected chi connectivity index (χ3v) is 5.33. The molecule has 0 amide bonds. The van der Waals surface area contributed by atoms with Crippen LogP contribution in [0.4, 0.5) is 11.6 Å². The summed E-state index contributed by atoms with van der Waals surface area (Å²) in [5, 5.41) is 8.28. The van der Waals surface area contributed by atoms with Crippen molar-refractivity contribution in [1.29, 1.82) is 0 Å². The van der Waals surface area contributed by atoms with Crippen molar-refractivity contribution in [2.24, 2.45) is 0 Å². The molecule has 0 spiro atoms. The van der Waals surface area contributed by atoms with Gasteiger partial charge in [0, 0.05) is 49.2 Å². The average molecular weight is 349 g/mol. The van der Waals surface area contributed by atoms with Gasteiger partial charge in [-0.05, 0) is 38.7 Å². The smallest absolute Gasteiger partial charge is 0.154 e. The summed E-state index contributed by atoms with van der Waals surface area (Å²) < 4.78 is 1.99. The first-order valence-electron chi connectivity index (χ1n) is 9.41. The van der Waals surface area contributed by atoms with Crippen molar-refractivity contribution in [3.8, 4) is 0 Å². The second-order valence-corrected chi connectivity index (χ2v) is 7.37. The number of fused-ring (bicyclic) bond motifs is 1. The Morgan fingerprint density at radius 2 is 1.88 bits per heavy atom. The molecule has 3 aromatic heterocycles. The van der Waals surface area contributed by atoms with E-state index in [0.29, 0.717) is 12.0 Å². The van der Waals surface area contributed by atoms with Gasteiger partial charge < -0.3 is 10.2 Å². The Labute approximate surface area is 152 Å². The predicted octanol–water partition coefficient (Wildman–Crippen LogP) is 2.79. The predicted molar refractivity (Wildman–Crippen MR) is 101 cm³/mol. The number of nitrogens with one attached hydrogen (secondary N) is 1. The zero-order valence-electron chi connectivity index (χ0n) is 15.0. The van der Waals surface area contributed by atoms with Gasteiger partial charge in [-0.2, -0.15) is 5.10 Å². The van der Waals surface area contributed by atoms with Crippen LogP contribution in [-0.2, 0) is 0 Å². The summed E-state index contributed by atoms with van der Waals surface area (Å²) in [6, 6.07) is 4.67. The summed E-state index contributed by atoms with van der Waals surface area (Å²) in [7, 11) is 0. The largest absolute Gasteiger partial charge is 0.367 e. The zero-order chi connectivity index (χ0) is 17.5. The summed E-state index contributed by atoms with van der Waals surface area (Å²) in [5.74, 6) is 2.64. The molecule has 1 saturated heterocycles. The minimum absolute atomic E-state index is 0.437. The van der Waals surface area contributed by atoms with Crippen LogP contribution < -0.4 is 10.2 Å². The van der Waals surface area contributed by atoms with E-state index in [1.165, 1.54) is 18.5 Å². The van der Waals surface area contributed by atoms with E-state index in [4.69, 9.17) is 5.10 Å². The molecule has 1 aliphatic carbocycles. The summed E-state index contributed by atoms with van der Waals surface area (Å²) in [6.07, 6.45) is 10.1. The lowest BCUT2D eigenvalue weighted by molar-refractivity contribution is 0.522. The van der Waals surface area contributed by atoms with Gasteiger partial charge in [0.25, 0.3) is 0 Å². The maximum absolute atomic E-state index is 4.73. The Kier molecular flexibility index (Phi) is 3.72. The summed E-state index contributed by atoms with van der Waals surface area (Å²) >= 11 is 0. The number of rotatable bonds is 4. The molecule has 2 aliphatic rings. The van der Waals surface area contributed by atoms with Crippen LogP contribution in [0.5, 0.6) is 0 Å². The molecule has 2 fully saturated rings. The van der Waals surface area contributed by atoms with Gasteiger partial charge in [0.2, 0.25) is 0 Å². The quantitative estimate of drug-likeness (QED) is 0.781. The molecule has 7 nitrogen and oxygen atoms in total. The summed E-state index contributed by atoms with van der Waals surface area (Å²) in [4.78, 5) is 15.5. The topological polar surface area (TPSA) is 71.2 Å². The molecule has 0 bridgehead atoms. The van der Waals surface area contributed by atoms with Crippen molar-refractivity contribution in [3.63, 3.8) is 0 Å². The number of nitrogens with zero attached hydrogens (tertiary/aromatic N) is 6. The number of aryl methyl sites for hydroxylation is 1. The molecular weight excluding hydrogens is 326 g/mol. The SMILES string of the molecule is Cc1cc(NC2CCN(c3nccn4nc(C5CC5)cc34)CC2)ncn1. The number of piperidine rings is 1. The van der Waals surface area contributed by atoms with Crippen molar-refractivity contribution in [1.82, 2.24) is 24.6 Å². The van der Waals surface area contributed by atoms with Gasteiger partial charge in [-0.1, -0.05) is 0 Å². The molecule has 0 radical (unpaired) electrons. The lowest BCUT2D eigenvalue weighted by Crippen LogP contribution is -2.39. The first-order valence-corrected chi connectivity index (χ1v) is 9.41. The molecule has 1 N–H and O–H groups in total. The highest BCUT2D eigenvalue weighted by Crippen LogP contribution is 2.40. The molecule has 0 aromatic carbocycles. The van der Waals surface area contributed by atoms with E-state index in [2.05, 4.69) is 31.2 Å². The highest BCUT2D eigenvalue weighted by atomic mass is 15.3. The molecule has 1 saturated carbocycles. The van der Waals surface area contributed by atoms with Gasteiger partial charge >= 0.3 is 0 Å². The Balaban J connectivity index is 1.30. The van der Waals surface area contributed by atoms with Crippen LogP contribution >= 0.6 is 0 Å². The molecular formula is C19H23N7. The Morgan fingerprint density at radius 3 is 2.65 bits per heavy atom. The monoisotopic (exact) mass is 349 g/mol. The fourth-order valence-corrected chi connectivity index (χ4v) is 3.73. The van der Waals surface area contributed by atoms with Crippen LogP contribution in [0.2, 0.25) is 0 Å². The molecule has 1 aliphatic heterocycles. The molecule has 0 unspecified atom stereocenters. The Bertz CT molecular complexity index is 923. The molecule has 134 valence electrons. The van der Waals surface area contributed by atoms with Crippen LogP contribution in [0, 0.1) is 6.92 Å². The Morgan fingerprint density at radius 1 is 1.04 bits per heavy atom. The van der Waals surface area contributed by atoms with Crippen molar-refractivity contribution < 1.29 is 0 Å². The minimum atomic E-state index is 0.437. The maximum atomic E-state index is 4.73. The molecule has 0 atom stereocenters. The van der Waals surface area contributed by atoms with E-state index in [-0.39, 0.29) is 0 Å². The lowest BCUT2D eigenvalue weighted by Gasteiger charge is -2.33. The fraction of sp³-hybridized carbons (Fsp3) is 0.474. The van der Waals surface area contributed by atoms with Gasteiger partial charge in [0.15, 0.2) is 5.82 Å². The van der Waals surface area contributed by atoms with Crippen LogP contribution in [0.1, 0.15) is 43.0 Å². The first-order chi connectivity index (χ1) is 12.8. The summed E-state index contributed by atoms with van der Waals surface area (Å²) in [6.45, 7) is 3.96. The molecule has 4 heterocycles. The van der Waals surface area contributed by atoms with E-state index < -0.39 is 0 Å². The van der Waals surface area contributed by atoms with Crippen LogP contribution in [-0.4, -0.2) is 43.7 Å². The average Bonchev–Trinajstić information content (AvgIpc) is 3.41. The van der Waals surface area contributed by atoms with Crippen molar-refractivity contribution in [2.45, 2.75) is 44.6 Å². The number of hydrogen-bond acceptors (Lipinski definition) is 6. The standard InChI is InChI=1S/C19H23N7/c1-13-10-18(22-12-21-13)23-15-4-7-25(8-5-15)19-17-11-16(14-2-3-14)24-26(17)9-6-20-19/h6,9-12,14-15H,2-5,7-8H2,1H3,(H,21,22,23). The molecule has 7 heteroatoms. The van der Waals surface area contributed by atoms with Gasteiger partial charge in [-0.15, -0.1) is 0 Å². The van der Waals surface area contributed by atoms with Gasteiger partial charge in [0.05, 0.1) is 5.69 Å². The normalized spacial score (nSPS) is 18.4.